The Bertz CT molecular complexity index is 779. The normalized spacial score (nSPS) is 10.7. The van der Waals surface area contributed by atoms with Gasteiger partial charge in [-0.15, -0.1) is 11.8 Å². The molecule has 0 atom stereocenters. The molecule has 0 fully saturated rings. The molecule has 1 heterocycles. The number of carbonyl (C=O) groups excluding carboxylic acids is 1. The molecule has 4 heteroatoms. The van der Waals surface area contributed by atoms with Crippen LogP contribution in [0.4, 0.5) is 5.69 Å². The van der Waals surface area contributed by atoms with Crippen LogP contribution in [0.15, 0.2) is 59.6 Å². The molecule has 0 aliphatic rings. The van der Waals surface area contributed by atoms with E-state index >= 15 is 0 Å². The van der Waals surface area contributed by atoms with Gasteiger partial charge in [-0.05, 0) is 42.2 Å². The first-order valence-corrected chi connectivity index (χ1v) is 7.87. The van der Waals surface area contributed by atoms with Gasteiger partial charge in [0, 0.05) is 27.6 Å². The van der Waals surface area contributed by atoms with Gasteiger partial charge in [-0.25, -0.2) is 0 Å². The summed E-state index contributed by atoms with van der Waals surface area (Å²) >= 11 is 1.72. The van der Waals surface area contributed by atoms with Crippen molar-refractivity contribution in [3.05, 3.63) is 60.3 Å². The summed E-state index contributed by atoms with van der Waals surface area (Å²) in [6, 6.07) is 15.5. The van der Waals surface area contributed by atoms with E-state index in [4.69, 9.17) is 0 Å². The smallest absolute Gasteiger partial charge is 0.255 e. The van der Waals surface area contributed by atoms with Gasteiger partial charge >= 0.3 is 0 Å². The topological polar surface area (TPSA) is 44.9 Å². The molecule has 106 valence electrons. The molecule has 0 saturated carbocycles. The number of amides is 1. The maximum Gasteiger partial charge on any atom is 0.255 e. The van der Waals surface area contributed by atoms with E-state index in [1.165, 1.54) is 0 Å². The Morgan fingerprint density at radius 1 is 1.19 bits per heavy atom. The molecule has 1 aromatic heterocycles. The molecule has 0 bridgehead atoms. The fraction of sp³-hybridized carbons (Fsp3) is 0.118. The highest BCUT2D eigenvalue weighted by Crippen LogP contribution is 2.27. The zero-order valence-electron chi connectivity index (χ0n) is 11.7. The first kappa shape index (κ1) is 13.8. The van der Waals surface area contributed by atoms with E-state index in [1.807, 2.05) is 54.7 Å². The molecule has 21 heavy (non-hydrogen) atoms. The van der Waals surface area contributed by atoms with Crippen molar-refractivity contribution in [2.45, 2.75) is 11.8 Å². The van der Waals surface area contributed by atoms with E-state index in [0.29, 0.717) is 5.56 Å². The van der Waals surface area contributed by atoms with Gasteiger partial charge < -0.3 is 10.3 Å². The van der Waals surface area contributed by atoms with Crippen LogP contribution < -0.4 is 5.32 Å². The van der Waals surface area contributed by atoms with E-state index in [-0.39, 0.29) is 5.91 Å². The Morgan fingerprint density at radius 3 is 2.90 bits per heavy atom. The minimum absolute atomic E-state index is 0.0812. The van der Waals surface area contributed by atoms with Crippen LogP contribution in [0.5, 0.6) is 0 Å². The predicted molar refractivity (Wildman–Crippen MR) is 89.1 cm³/mol. The summed E-state index contributed by atoms with van der Waals surface area (Å²) in [5.74, 6) is 0.893. The van der Waals surface area contributed by atoms with Gasteiger partial charge in [0.2, 0.25) is 0 Å². The van der Waals surface area contributed by atoms with Crippen molar-refractivity contribution in [1.82, 2.24) is 4.98 Å². The van der Waals surface area contributed by atoms with Crippen molar-refractivity contribution in [2.24, 2.45) is 0 Å². The highest BCUT2D eigenvalue weighted by Gasteiger charge is 2.09. The molecule has 0 radical (unpaired) electrons. The van der Waals surface area contributed by atoms with Crippen LogP contribution in [-0.2, 0) is 0 Å². The molecule has 2 aromatic carbocycles. The molecule has 0 aliphatic heterocycles. The van der Waals surface area contributed by atoms with Gasteiger partial charge in [-0.2, -0.15) is 0 Å². The Kier molecular flexibility index (Phi) is 3.97. The lowest BCUT2D eigenvalue weighted by Gasteiger charge is -2.10. The number of para-hydroxylation sites is 1. The van der Waals surface area contributed by atoms with Crippen LogP contribution in [0.3, 0.4) is 0 Å². The third-order valence-corrected chi connectivity index (χ3v) is 4.21. The molecule has 2 N–H and O–H groups in total. The molecule has 3 rings (SSSR count). The molecule has 0 saturated heterocycles. The lowest BCUT2D eigenvalue weighted by atomic mass is 10.1. The second-order valence-corrected chi connectivity index (χ2v) is 5.97. The Morgan fingerprint density at radius 2 is 2.05 bits per heavy atom. The van der Waals surface area contributed by atoms with E-state index in [1.54, 1.807) is 11.8 Å². The van der Waals surface area contributed by atoms with Crippen molar-refractivity contribution in [2.75, 3.05) is 11.1 Å². The number of rotatable bonds is 4. The van der Waals surface area contributed by atoms with Crippen LogP contribution >= 0.6 is 11.8 Å². The van der Waals surface area contributed by atoms with Crippen LogP contribution in [-0.4, -0.2) is 16.6 Å². The van der Waals surface area contributed by atoms with Crippen LogP contribution in [0.2, 0.25) is 0 Å². The first-order chi connectivity index (χ1) is 10.3. The monoisotopic (exact) mass is 296 g/mol. The summed E-state index contributed by atoms with van der Waals surface area (Å²) in [6.07, 6.45) is 1.87. The predicted octanol–water partition coefficient (Wildman–Crippen LogP) is 4.53. The average Bonchev–Trinajstić information content (AvgIpc) is 2.97. The second-order valence-electron chi connectivity index (χ2n) is 4.66. The molecular weight excluding hydrogens is 280 g/mol. The van der Waals surface area contributed by atoms with Gasteiger partial charge in [0.1, 0.15) is 0 Å². The van der Waals surface area contributed by atoms with E-state index < -0.39 is 0 Å². The fourth-order valence-corrected chi connectivity index (χ4v) is 3.00. The largest absolute Gasteiger partial charge is 0.361 e. The number of fused-ring (bicyclic) bond motifs is 1. The Labute approximate surface area is 127 Å². The van der Waals surface area contributed by atoms with E-state index in [0.717, 1.165) is 27.2 Å². The number of benzene rings is 2. The van der Waals surface area contributed by atoms with Crippen molar-refractivity contribution < 1.29 is 4.79 Å². The first-order valence-electron chi connectivity index (χ1n) is 6.88. The lowest BCUT2D eigenvalue weighted by Crippen LogP contribution is -2.12. The van der Waals surface area contributed by atoms with Crippen LogP contribution in [0.25, 0.3) is 10.9 Å². The summed E-state index contributed by atoms with van der Waals surface area (Å²) in [7, 11) is 0. The lowest BCUT2D eigenvalue weighted by molar-refractivity contribution is 0.102. The van der Waals surface area contributed by atoms with Gasteiger partial charge in [0.05, 0.1) is 5.69 Å². The van der Waals surface area contributed by atoms with Crippen LogP contribution in [0, 0.1) is 0 Å². The molecule has 3 aromatic rings. The standard InChI is InChI=1S/C17H16N2OS/c1-2-21-16-6-4-3-5-15(16)19-17(20)13-7-8-14-12(11-13)9-10-18-14/h3-11,18H,2H2,1H3,(H,19,20). The number of nitrogens with one attached hydrogen (secondary N) is 2. The van der Waals surface area contributed by atoms with Crippen molar-refractivity contribution in [3.63, 3.8) is 0 Å². The van der Waals surface area contributed by atoms with E-state index in [9.17, 15) is 4.79 Å². The highest BCUT2D eigenvalue weighted by atomic mass is 32.2. The summed E-state index contributed by atoms with van der Waals surface area (Å²) in [5, 5.41) is 4.04. The number of hydrogen-bond donors (Lipinski definition) is 2. The molecule has 0 unspecified atom stereocenters. The number of anilines is 1. The summed E-state index contributed by atoms with van der Waals surface area (Å²) in [4.78, 5) is 16.6. The third-order valence-electron chi connectivity index (χ3n) is 3.25. The number of thioether (sulfide) groups is 1. The second kappa shape index (κ2) is 6.06. The fourth-order valence-electron chi connectivity index (χ4n) is 2.24. The number of aromatic nitrogens is 1. The van der Waals surface area contributed by atoms with E-state index in [2.05, 4.69) is 17.2 Å². The molecule has 3 nitrogen and oxygen atoms in total. The van der Waals surface area contributed by atoms with Gasteiger partial charge in [-0.3, -0.25) is 4.79 Å². The minimum Gasteiger partial charge on any atom is -0.361 e. The minimum atomic E-state index is -0.0812. The summed E-state index contributed by atoms with van der Waals surface area (Å²) < 4.78 is 0. The van der Waals surface area contributed by atoms with Gasteiger partial charge in [0.25, 0.3) is 5.91 Å². The molecule has 1 amide bonds. The molecule has 0 aliphatic carbocycles. The van der Waals surface area contributed by atoms with Crippen LogP contribution in [0.1, 0.15) is 17.3 Å². The Balaban J connectivity index is 1.85. The number of aromatic amines is 1. The molecular formula is C17H16N2OS. The summed E-state index contributed by atoms with van der Waals surface area (Å²) in [5.41, 5.74) is 2.57. The zero-order chi connectivity index (χ0) is 14.7. The number of hydrogen-bond acceptors (Lipinski definition) is 2. The van der Waals surface area contributed by atoms with Gasteiger partial charge in [-0.1, -0.05) is 19.1 Å². The average molecular weight is 296 g/mol. The summed E-state index contributed by atoms with van der Waals surface area (Å²) in [6.45, 7) is 2.10. The third kappa shape index (κ3) is 2.95. The maximum absolute atomic E-state index is 12.4. The van der Waals surface area contributed by atoms with Gasteiger partial charge in [0.15, 0.2) is 0 Å². The number of H-pyrrole nitrogens is 1. The van der Waals surface area contributed by atoms with Crippen molar-refractivity contribution in [1.29, 1.82) is 0 Å². The maximum atomic E-state index is 12.4. The SMILES string of the molecule is CCSc1ccccc1NC(=O)c1ccc2[nH]ccc2c1. The quantitative estimate of drug-likeness (QED) is 0.695. The molecule has 0 spiro atoms. The highest BCUT2D eigenvalue weighted by molar-refractivity contribution is 7.99. The Hall–Kier alpha value is -2.20. The van der Waals surface area contributed by atoms with Crippen molar-refractivity contribution in [3.8, 4) is 0 Å². The zero-order valence-corrected chi connectivity index (χ0v) is 12.5. The van der Waals surface area contributed by atoms with Crippen molar-refractivity contribution >= 4 is 34.3 Å². The number of carbonyl (C=O) groups is 1.